The van der Waals surface area contributed by atoms with E-state index in [1.807, 2.05) is 0 Å². The molecule has 0 aromatic rings. The van der Waals surface area contributed by atoms with Crippen LogP contribution in [0.25, 0.3) is 0 Å². The highest BCUT2D eigenvalue weighted by atomic mass is 16.3. The summed E-state index contributed by atoms with van der Waals surface area (Å²) in [5, 5.41) is 13.6. The van der Waals surface area contributed by atoms with Crippen molar-refractivity contribution in [1.82, 2.24) is 10.2 Å². The van der Waals surface area contributed by atoms with Crippen molar-refractivity contribution in [3.05, 3.63) is 0 Å². The average molecular weight is 359 g/mol. The summed E-state index contributed by atoms with van der Waals surface area (Å²) in [6.07, 6.45) is 11.6. The van der Waals surface area contributed by atoms with Gasteiger partial charge in [0.15, 0.2) is 0 Å². The smallest absolute Gasteiger partial charge is 0.0690 e. The van der Waals surface area contributed by atoms with Crippen LogP contribution in [0.2, 0.25) is 0 Å². The zero-order chi connectivity index (χ0) is 18.8. The van der Waals surface area contributed by atoms with Crippen LogP contribution in [-0.4, -0.2) is 61.9 Å². The maximum atomic E-state index is 10.3. The van der Waals surface area contributed by atoms with Crippen LogP contribution in [0.4, 0.5) is 0 Å². The highest BCUT2D eigenvalue weighted by Gasteiger charge is 2.13. The Morgan fingerprint density at radius 2 is 1.44 bits per heavy atom. The minimum Gasteiger partial charge on any atom is -0.392 e. The van der Waals surface area contributed by atoms with E-state index in [-0.39, 0.29) is 6.10 Å². The van der Waals surface area contributed by atoms with Gasteiger partial charge in [0.05, 0.1) is 6.10 Å². The van der Waals surface area contributed by atoms with Crippen molar-refractivity contribution in [2.45, 2.75) is 77.7 Å². The van der Waals surface area contributed by atoms with Crippen LogP contribution in [0.15, 0.2) is 0 Å². The molecule has 0 amide bonds. The molecule has 0 aliphatic carbocycles. The lowest BCUT2D eigenvalue weighted by atomic mass is 9.96. The molecule has 0 heterocycles. The first-order valence-corrected chi connectivity index (χ1v) is 10.7. The predicted octanol–water partition coefficient (Wildman–Crippen LogP) is 2.32. The van der Waals surface area contributed by atoms with Gasteiger partial charge in [0.25, 0.3) is 0 Å². The topological polar surface area (TPSA) is 87.5 Å². The highest BCUT2D eigenvalue weighted by molar-refractivity contribution is 4.69. The first-order chi connectivity index (χ1) is 12.2. The Labute approximate surface area is 156 Å². The first kappa shape index (κ1) is 24.8. The van der Waals surface area contributed by atoms with Gasteiger partial charge >= 0.3 is 0 Å². The predicted molar refractivity (Wildman–Crippen MR) is 110 cm³/mol. The van der Waals surface area contributed by atoms with Crippen molar-refractivity contribution in [2.24, 2.45) is 17.4 Å². The molecule has 0 spiro atoms. The molecule has 0 saturated carbocycles. The Morgan fingerprint density at radius 1 is 0.880 bits per heavy atom. The van der Waals surface area contributed by atoms with Crippen LogP contribution in [0.5, 0.6) is 0 Å². The molecule has 25 heavy (non-hydrogen) atoms. The summed E-state index contributed by atoms with van der Waals surface area (Å²) in [5.41, 5.74) is 11.2. The molecular formula is C20H46N4O. The van der Waals surface area contributed by atoms with E-state index in [9.17, 15) is 5.11 Å². The molecular weight excluding hydrogens is 312 g/mol. The van der Waals surface area contributed by atoms with Crippen molar-refractivity contribution in [3.63, 3.8) is 0 Å². The Hall–Kier alpha value is -0.200. The van der Waals surface area contributed by atoms with E-state index >= 15 is 0 Å². The molecule has 5 heteroatoms. The Bertz CT molecular complexity index is 260. The number of nitrogens with one attached hydrogen (secondary N) is 1. The van der Waals surface area contributed by atoms with E-state index in [2.05, 4.69) is 24.1 Å². The number of hydrogen-bond acceptors (Lipinski definition) is 5. The van der Waals surface area contributed by atoms with Gasteiger partial charge in [0.1, 0.15) is 0 Å². The van der Waals surface area contributed by atoms with Gasteiger partial charge in [-0.1, -0.05) is 65.2 Å². The number of aliphatic hydroxyl groups excluding tert-OH is 1. The summed E-state index contributed by atoms with van der Waals surface area (Å²) >= 11 is 0. The van der Waals surface area contributed by atoms with E-state index in [1.165, 1.54) is 51.4 Å². The Balaban J connectivity index is 3.56. The Morgan fingerprint density at radius 3 is 2.00 bits per heavy atom. The summed E-state index contributed by atoms with van der Waals surface area (Å²) in [4.78, 5) is 2.27. The van der Waals surface area contributed by atoms with Crippen LogP contribution in [0.3, 0.4) is 0 Å². The van der Waals surface area contributed by atoms with Gasteiger partial charge in [0, 0.05) is 45.8 Å². The minimum atomic E-state index is -0.248. The van der Waals surface area contributed by atoms with Crippen LogP contribution in [0.1, 0.15) is 71.6 Å². The zero-order valence-corrected chi connectivity index (χ0v) is 17.0. The minimum absolute atomic E-state index is 0.248. The normalized spacial score (nSPS) is 14.2. The van der Waals surface area contributed by atoms with Gasteiger partial charge in [-0.05, 0) is 12.3 Å². The maximum absolute atomic E-state index is 10.3. The molecule has 0 aliphatic rings. The van der Waals surface area contributed by atoms with E-state index in [4.69, 9.17) is 11.5 Å². The second-order valence-electron chi connectivity index (χ2n) is 7.43. The van der Waals surface area contributed by atoms with Crippen LogP contribution < -0.4 is 16.8 Å². The number of unbranched alkanes of at least 4 members (excludes halogenated alkanes) is 7. The summed E-state index contributed by atoms with van der Waals surface area (Å²) in [5.74, 6) is 0.372. The average Bonchev–Trinajstić information content (AvgIpc) is 2.60. The zero-order valence-electron chi connectivity index (χ0n) is 17.0. The summed E-state index contributed by atoms with van der Waals surface area (Å²) in [6.45, 7) is 10.0. The summed E-state index contributed by atoms with van der Waals surface area (Å²) in [6, 6.07) is 0. The van der Waals surface area contributed by atoms with Crippen LogP contribution in [0, 0.1) is 5.92 Å². The monoisotopic (exact) mass is 358 g/mol. The van der Waals surface area contributed by atoms with Crippen molar-refractivity contribution in [1.29, 1.82) is 0 Å². The lowest BCUT2D eigenvalue weighted by Gasteiger charge is -2.23. The van der Waals surface area contributed by atoms with Gasteiger partial charge in [-0.2, -0.15) is 0 Å². The standard InChI is InChI=1S/C20H46N4O/c1-3-4-5-6-7-8-9-10-11-19(2)20(25)18-23-14-17-24(15-12-21)16-13-22/h19-20,23,25H,3-18,21-22H2,1-2H3. The molecule has 0 radical (unpaired) electrons. The maximum Gasteiger partial charge on any atom is 0.0690 e. The molecule has 152 valence electrons. The van der Waals surface area contributed by atoms with Gasteiger partial charge in [-0.3, -0.25) is 4.90 Å². The molecule has 0 aliphatic heterocycles. The van der Waals surface area contributed by atoms with Crippen LogP contribution >= 0.6 is 0 Å². The van der Waals surface area contributed by atoms with Gasteiger partial charge in [-0.25, -0.2) is 0 Å². The van der Waals surface area contributed by atoms with Gasteiger partial charge in [-0.15, -0.1) is 0 Å². The lowest BCUT2D eigenvalue weighted by Crippen LogP contribution is -2.40. The van der Waals surface area contributed by atoms with Gasteiger partial charge in [0.2, 0.25) is 0 Å². The van der Waals surface area contributed by atoms with Crippen molar-refractivity contribution >= 4 is 0 Å². The molecule has 2 atom stereocenters. The first-order valence-electron chi connectivity index (χ1n) is 10.7. The van der Waals surface area contributed by atoms with E-state index in [0.29, 0.717) is 25.6 Å². The molecule has 0 rings (SSSR count). The number of hydrogen-bond donors (Lipinski definition) is 4. The second-order valence-corrected chi connectivity index (χ2v) is 7.43. The molecule has 6 N–H and O–H groups in total. The number of nitrogens with zero attached hydrogens (tertiary/aromatic N) is 1. The van der Waals surface area contributed by atoms with E-state index in [1.54, 1.807) is 0 Å². The highest BCUT2D eigenvalue weighted by Crippen LogP contribution is 2.15. The second kappa shape index (κ2) is 18.6. The SMILES string of the molecule is CCCCCCCCCCC(C)C(O)CNCCN(CCN)CCN. The largest absolute Gasteiger partial charge is 0.392 e. The molecule has 0 aromatic carbocycles. The van der Waals surface area contributed by atoms with Crippen molar-refractivity contribution in [2.75, 3.05) is 45.8 Å². The molecule has 0 fully saturated rings. The molecule has 2 unspecified atom stereocenters. The van der Waals surface area contributed by atoms with E-state index in [0.717, 1.165) is 32.6 Å². The van der Waals surface area contributed by atoms with Crippen LogP contribution in [-0.2, 0) is 0 Å². The lowest BCUT2D eigenvalue weighted by molar-refractivity contribution is 0.108. The van der Waals surface area contributed by atoms with Gasteiger partial charge < -0.3 is 21.9 Å². The number of rotatable bonds is 19. The third kappa shape index (κ3) is 15.7. The molecule has 5 nitrogen and oxygen atoms in total. The number of aliphatic hydroxyl groups is 1. The van der Waals surface area contributed by atoms with E-state index < -0.39 is 0 Å². The fraction of sp³-hybridized carbons (Fsp3) is 1.00. The molecule has 0 aromatic heterocycles. The number of nitrogens with two attached hydrogens (primary N) is 2. The quantitative estimate of drug-likeness (QED) is 0.266. The molecule has 0 bridgehead atoms. The third-order valence-corrected chi connectivity index (χ3v) is 5.02. The third-order valence-electron chi connectivity index (χ3n) is 5.02. The Kier molecular flexibility index (Phi) is 18.4. The van der Waals surface area contributed by atoms with Crippen molar-refractivity contribution < 1.29 is 5.11 Å². The fourth-order valence-corrected chi connectivity index (χ4v) is 3.18. The fourth-order valence-electron chi connectivity index (χ4n) is 3.18. The summed E-state index contributed by atoms with van der Waals surface area (Å²) < 4.78 is 0. The molecule has 0 saturated heterocycles. The van der Waals surface area contributed by atoms with Crippen molar-refractivity contribution in [3.8, 4) is 0 Å². The summed E-state index contributed by atoms with van der Waals surface area (Å²) in [7, 11) is 0.